The standard InChI is InChI=1S/C24H35N3O/c1-5-6-7-8-21-9-11-22(12-10-21)27-19(2)17-23(20(27)3)24(28)18-26-15-13-25(4)14-16-26/h9-12,17H,5-8,13-16,18H2,1-4H3. The number of hydrogen-bond donors (Lipinski definition) is 0. The third kappa shape index (κ3) is 4.92. The number of rotatable bonds is 8. The Bertz CT molecular complexity index is 783. The predicted molar refractivity (Wildman–Crippen MR) is 117 cm³/mol. The zero-order chi connectivity index (χ0) is 20.1. The van der Waals surface area contributed by atoms with Crippen molar-refractivity contribution in [2.24, 2.45) is 0 Å². The molecule has 0 atom stereocenters. The maximum Gasteiger partial charge on any atom is 0.178 e. The second-order valence-electron chi connectivity index (χ2n) is 8.25. The summed E-state index contributed by atoms with van der Waals surface area (Å²) >= 11 is 0. The average Bonchev–Trinajstić information content (AvgIpc) is 2.99. The number of aryl methyl sites for hydroxylation is 2. The van der Waals surface area contributed by atoms with Crippen LogP contribution in [0.1, 0.15) is 53.5 Å². The minimum Gasteiger partial charge on any atom is -0.318 e. The van der Waals surface area contributed by atoms with Gasteiger partial charge in [0.1, 0.15) is 0 Å². The van der Waals surface area contributed by atoms with Gasteiger partial charge in [-0.2, -0.15) is 0 Å². The molecule has 152 valence electrons. The maximum atomic E-state index is 12.9. The first-order valence-electron chi connectivity index (χ1n) is 10.7. The van der Waals surface area contributed by atoms with E-state index in [-0.39, 0.29) is 5.78 Å². The van der Waals surface area contributed by atoms with Crippen LogP contribution in [0.15, 0.2) is 30.3 Å². The lowest BCUT2D eigenvalue weighted by Crippen LogP contribution is -2.46. The highest BCUT2D eigenvalue weighted by molar-refractivity contribution is 5.99. The highest BCUT2D eigenvalue weighted by Crippen LogP contribution is 2.22. The summed E-state index contributed by atoms with van der Waals surface area (Å²) in [5.41, 5.74) is 5.58. The fraction of sp³-hybridized carbons (Fsp3) is 0.542. The van der Waals surface area contributed by atoms with Gasteiger partial charge in [-0.3, -0.25) is 9.69 Å². The monoisotopic (exact) mass is 381 g/mol. The number of carbonyl (C=O) groups is 1. The van der Waals surface area contributed by atoms with Gasteiger partial charge in [0.05, 0.1) is 6.54 Å². The second-order valence-corrected chi connectivity index (χ2v) is 8.25. The van der Waals surface area contributed by atoms with E-state index in [0.29, 0.717) is 6.54 Å². The summed E-state index contributed by atoms with van der Waals surface area (Å²) in [4.78, 5) is 17.5. The van der Waals surface area contributed by atoms with Gasteiger partial charge in [-0.1, -0.05) is 31.9 Å². The molecule has 1 aliphatic heterocycles. The Labute approximate surface area is 170 Å². The number of Topliss-reactive ketones (excluding diaryl/α,β-unsaturated/α-hetero) is 1. The van der Waals surface area contributed by atoms with E-state index in [9.17, 15) is 4.79 Å². The molecular formula is C24H35N3O. The number of ketones is 1. The number of benzene rings is 1. The molecule has 4 heteroatoms. The SMILES string of the molecule is CCCCCc1ccc(-n2c(C)cc(C(=O)CN3CCN(C)CC3)c2C)cc1. The fourth-order valence-electron chi connectivity index (χ4n) is 4.13. The van der Waals surface area contributed by atoms with Gasteiger partial charge in [0.25, 0.3) is 0 Å². The second kappa shape index (κ2) is 9.53. The fourth-order valence-corrected chi connectivity index (χ4v) is 4.13. The van der Waals surface area contributed by atoms with E-state index in [4.69, 9.17) is 0 Å². The molecule has 1 aromatic carbocycles. The Hall–Kier alpha value is -1.91. The summed E-state index contributed by atoms with van der Waals surface area (Å²) in [5, 5.41) is 0. The molecule has 2 aromatic rings. The number of piperazine rings is 1. The van der Waals surface area contributed by atoms with E-state index in [0.717, 1.165) is 55.2 Å². The molecule has 0 bridgehead atoms. The topological polar surface area (TPSA) is 28.5 Å². The van der Waals surface area contributed by atoms with Gasteiger partial charge in [0, 0.05) is 48.8 Å². The molecule has 1 fully saturated rings. The van der Waals surface area contributed by atoms with Crippen LogP contribution in [-0.2, 0) is 6.42 Å². The van der Waals surface area contributed by atoms with Crippen molar-refractivity contribution < 1.29 is 4.79 Å². The highest BCUT2D eigenvalue weighted by Gasteiger charge is 2.21. The summed E-state index contributed by atoms with van der Waals surface area (Å²) in [6, 6.07) is 10.9. The van der Waals surface area contributed by atoms with Crippen molar-refractivity contribution in [1.29, 1.82) is 0 Å². The molecule has 4 nitrogen and oxygen atoms in total. The van der Waals surface area contributed by atoms with Crippen LogP contribution in [0.25, 0.3) is 5.69 Å². The first-order valence-corrected chi connectivity index (χ1v) is 10.7. The third-order valence-corrected chi connectivity index (χ3v) is 5.96. The number of hydrogen-bond acceptors (Lipinski definition) is 3. The van der Waals surface area contributed by atoms with Crippen LogP contribution in [0.5, 0.6) is 0 Å². The van der Waals surface area contributed by atoms with Crippen molar-refractivity contribution in [3.63, 3.8) is 0 Å². The van der Waals surface area contributed by atoms with Crippen LogP contribution < -0.4 is 0 Å². The summed E-state index contributed by atoms with van der Waals surface area (Å²) in [5.74, 6) is 0.236. The molecule has 0 amide bonds. The van der Waals surface area contributed by atoms with Gasteiger partial charge >= 0.3 is 0 Å². The lowest BCUT2D eigenvalue weighted by atomic mass is 10.1. The molecule has 0 saturated carbocycles. The Morgan fingerprint density at radius 1 is 1.00 bits per heavy atom. The molecule has 1 aliphatic rings. The zero-order valence-corrected chi connectivity index (χ0v) is 18.0. The van der Waals surface area contributed by atoms with Gasteiger partial charge in [-0.15, -0.1) is 0 Å². The van der Waals surface area contributed by atoms with Gasteiger partial charge < -0.3 is 9.47 Å². The molecule has 1 aromatic heterocycles. The summed E-state index contributed by atoms with van der Waals surface area (Å²) in [6.07, 6.45) is 4.94. The molecule has 0 spiro atoms. The average molecular weight is 382 g/mol. The zero-order valence-electron chi connectivity index (χ0n) is 18.0. The molecular weight excluding hydrogens is 346 g/mol. The van der Waals surface area contributed by atoms with E-state index < -0.39 is 0 Å². The lowest BCUT2D eigenvalue weighted by Gasteiger charge is -2.31. The lowest BCUT2D eigenvalue weighted by molar-refractivity contribution is 0.0876. The van der Waals surface area contributed by atoms with Crippen molar-refractivity contribution in [3.8, 4) is 5.69 Å². The highest BCUT2D eigenvalue weighted by atomic mass is 16.1. The minimum absolute atomic E-state index is 0.236. The minimum atomic E-state index is 0.236. The normalized spacial score (nSPS) is 15.9. The smallest absolute Gasteiger partial charge is 0.178 e. The number of aromatic nitrogens is 1. The molecule has 0 N–H and O–H groups in total. The van der Waals surface area contributed by atoms with Crippen LogP contribution in [0.2, 0.25) is 0 Å². The van der Waals surface area contributed by atoms with Crippen molar-refractivity contribution in [2.45, 2.75) is 46.5 Å². The Morgan fingerprint density at radius 3 is 2.32 bits per heavy atom. The van der Waals surface area contributed by atoms with Crippen LogP contribution in [0, 0.1) is 13.8 Å². The quantitative estimate of drug-likeness (QED) is 0.505. The van der Waals surface area contributed by atoms with Crippen molar-refractivity contribution >= 4 is 5.78 Å². The molecule has 0 aliphatic carbocycles. The Balaban J connectivity index is 1.71. The van der Waals surface area contributed by atoms with Gasteiger partial charge in [0.15, 0.2) is 5.78 Å². The number of nitrogens with zero attached hydrogens (tertiary/aromatic N) is 3. The Morgan fingerprint density at radius 2 is 1.68 bits per heavy atom. The summed E-state index contributed by atoms with van der Waals surface area (Å²) < 4.78 is 2.22. The third-order valence-electron chi connectivity index (χ3n) is 5.96. The van der Waals surface area contributed by atoms with E-state index in [2.05, 4.69) is 72.5 Å². The maximum absolute atomic E-state index is 12.9. The van der Waals surface area contributed by atoms with E-state index >= 15 is 0 Å². The first kappa shape index (κ1) is 20.8. The van der Waals surface area contributed by atoms with Crippen LogP contribution in [-0.4, -0.2) is 59.9 Å². The van der Waals surface area contributed by atoms with Gasteiger partial charge in [0.2, 0.25) is 0 Å². The summed E-state index contributed by atoms with van der Waals surface area (Å²) in [7, 11) is 2.14. The molecule has 2 heterocycles. The molecule has 0 unspecified atom stereocenters. The van der Waals surface area contributed by atoms with E-state index in [1.165, 1.54) is 24.8 Å². The van der Waals surface area contributed by atoms with Crippen LogP contribution in [0.4, 0.5) is 0 Å². The van der Waals surface area contributed by atoms with Gasteiger partial charge in [-0.25, -0.2) is 0 Å². The molecule has 3 rings (SSSR count). The number of carbonyl (C=O) groups excluding carboxylic acids is 1. The first-order chi connectivity index (χ1) is 13.5. The van der Waals surface area contributed by atoms with Crippen molar-refractivity contribution in [2.75, 3.05) is 39.8 Å². The van der Waals surface area contributed by atoms with E-state index in [1.807, 2.05) is 0 Å². The largest absolute Gasteiger partial charge is 0.318 e. The molecule has 0 radical (unpaired) electrons. The molecule has 28 heavy (non-hydrogen) atoms. The van der Waals surface area contributed by atoms with E-state index in [1.54, 1.807) is 0 Å². The Kier molecular flexibility index (Phi) is 7.08. The van der Waals surface area contributed by atoms with Gasteiger partial charge in [-0.05, 0) is 57.5 Å². The predicted octanol–water partition coefficient (Wildman–Crippen LogP) is 4.26. The van der Waals surface area contributed by atoms with Crippen molar-refractivity contribution in [1.82, 2.24) is 14.4 Å². The number of unbranched alkanes of at least 4 members (excludes halogenated alkanes) is 2. The van der Waals surface area contributed by atoms with Crippen molar-refractivity contribution in [3.05, 3.63) is 52.8 Å². The molecule has 1 saturated heterocycles. The number of likely N-dealkylation sites (N-methyl/N-ethyl adjacent to an activating group) is 1. The van der Waals surface area contributed by atoms with Crippen LogP contribution in [0.3, 0.4) is 0 Å². The summed E-state index contributed by atoms with van der Waals surface area (Å²) in [6.45, 7) is 10.9. The van der Waals surface area contributed by atoms with Crippen LogP contribution >= 0.6 is 0 Å².